The number of ether oxygens (including phenoxy) is 2. The van der Waals surface area contributed by atoms with Crippen molar-refractivity contribution < 1.29 is 9.47 Å². The van der Waals surface area contributed by atoms with Crippen molar-refractivity contribution in [1.82, 2.24) is 5.32 Å². The lowest BCUT2D eigenvalue weighted by molar-refractivity contribution is -0.0124. The van der Waals surface area contributed by atoms with E-state index in [1.807, 2.05) is 12.1 Å². The van der Waals surface area contributed by atoms with E-state index in [0.717, 1.165) is 38.0 Å². The van der Waals surface area contributed by atoms with E-state index in [9.17, 15) is 0 Å². The van der Waals surface area contributed by atoms with E-state index in [4.69, 9.17) is 21.1 Å². The van der Waals surface area contributed by atoms with E-state index < -0.39 is 0 Å². The molecule has 1 aromatic carbocycles. The van der Waals surface area contributed by atoms with Gasteiger partial charge < -0.3 is 14.8 Å². The molecule has 0 aliphatic carbocycles. The second kappa shape index (κ2) is 6.79. The van der Waals surface area contributed by atoms with Gasteiger partial charge in [-0.3, -0.25) is 0 Å². The van der Waals surface area contributed by atoms with Gasteiger partial charge in [-0.25, -0.2) is 0 Å². The lowest BCUT2D eigenvalue weighted by Crippen LogP contribution is -2.41. The first kappa shape index (κ1) is 15.6. The number of hydrogen-bond acceptors (Lipinski definition) is 3. The van der Waals surface area contributed by atoms with Crippen LogP contribution in [-0.4, -0.2) is 25.9 Å². The predicted molar refractivity (Wildman–Crippen MR) is 82.6 cm³/mol. The van der Waals surface area contributed by atoms with Crippen LogP contribution < -0.4 is 10.1 Å². The van der Waals surface area contributed by atoms with Crippen LogP contribution in [0.25, 0.3) is 0 Å². The smallest absolute Gasteiger partial charge is 0.137 e. The Morgan fingerprint density at radius 2 is 2.30 bits per heavy atom. The van der Waals surface area contributed by atoms with Crippen molar-refractivity contribution >= 4 is 11.6 Å². The number of nitrogens with one attached hydrogen (secondary N) is 1. The lowest BCUT2D eigenvalue weighted by Gasteiger charge is -2.34. The van der Waals surface area contributed by atoms with Crippen LogP contribution >= 0.6 is 11.6 Å². The number of hydrogen-bond donors (Lipinski definition) is 1. The summed E-state index contributed by atoms with van der Waals surface area (Å²) in [6, 6.07) is 6.15. The highest BCUT2D eigenvalue weighted by Gasteiger charge is 2.39. The minimum atomic E-state index is -0.160. The molecule has 0 aromatic heterocycles. The fourth-order valence-corrected chi connectivity index (χ4v) is 3.13. The van der Waals surface area contributed by atoms with Crippen molar-refractivity contribution in [3.8, 4) is 5.75 Å². The second-order valence-electron chi connectivity index (χ2n) is 5.55. The van der Waals surface area contributed by atoms with Gasteiger partial charge in [0.15, 0.2) is 0 Å². The van der Waals surface area contributed by atoms with Gasteiger partial charge in [0, 0.05) is 6.61 Å². The maximum atomic E-state index is 6.27. The lowest BCUT2D eigenvalue weighted by atomic mass is 9.87. The summed E-state index contributed by atoms with van der Waals surface area (Å²) in [6.07, 6.45) is 3.28. The molecule has 1 N–H and O–H groups in total. The molecule has 1 fully saturated rings. The summed E-state index contributed by atoms with van der Waals surface area (Å²) in [4.78, 5) is 0. The van der Waals surface area contributed by atoms with Crippen LogP contribution in [0.15, 0.2) is 18.2 Å². The molecule has 1 heterocycles. The first-order valence-corrected chi connectivity index (χ1v) is 7.69. The van der Waals surface area contributed by atoms with Crippen LogP contribution in [-0.2, 0) is 4.74 Å². The summed E-state index contributed by atoms with van der Waals surface area (Å²) >= 11 is 6.27. The van der Waals surface area contributed by atoms with Gasteiger partial charge in [-0.05, 0) is 50.4 Å². The van der Waals surface area contributed by atoms with Crippen LogP contribution in [0.2, 0.25) is 5.02 Å². The molecule has 112 valence electrons. The largest absolute Gasteiger partial charge is 0.495 e. The normalized spacial score (nSPS) is 23.8. The molecule has 2 unspecified atom stereocenters. The fourth-order valence-electron chi connectivity index (χ4n) is 2.87. The predicted octanol–water partition coefficient (Wildman–Crippen LogP) is 3.96. The molecule has 0 spiro atoms. The van der Waals surface area contributed by atoms with E-state index in [-0.39, 0.29) is 11.6 Å². The number of methoxy groups -OCH3 is 1. The Hall–Kier alpha value is -0.770. The molecule has 0 amide bonds. The Bertz CT molecular complexity index is 444. The van der Waals surface area contributed by atoms with E-state index in [1.54, 1.807) is 7.11 Å². The minimum absolute atomic E-state index is 0.160. The van der Waals surface area contributed by atoms with Gasteiger partial charge in [-0.15, -0.1) is 0 Å². The first-order chi connectivity index (χ1) is 9.60. The monoisotopic (exact) mass is 297 g/mol. The van der Waals surface area contributed by atoms with E-state index >= 15 is 0 Å². The third-order valence-electron chi connectivity index (χ3n) is 3.97. The third-order valence-corrected chi connectivity index (χ3v) is 4.26. The van der Waals surface area contributed by atoms with Gasteiger partial charge in [-0.2, -0.15) is 0 Å². The molecule has 2 rings (SSSR count). The molecule has 1 aliphatic rings. The molecule has 1 saturated heterocycles. The molecule has 2 atom stereocenters. The number of rotatable bonds is 6. The zero-order valence-corrected chi connectivity index (χ0v) is 13.3. The summed E-state index contributed by atoms with van der Waals surface area (Å²) in [5.41, 5.74) is 1.00. The zero-order valence-electron chi connectivity index (χ0n) is 12.5. The summed E-state index contributed by atoms with van der Waals surface area (Å²) in [6.45, 7) is 6.16. The highest BCUT2D eigenvalue weighted by atomic mass is 35.5. The quantitative estimate of drug-likeness (QED) is 0.862. The molecule has 1 aliphatic heterocycles. The number of benzene rings is 1. The van der Waals surface area contributed by atoms with Crippen LogP contribution in [0.4, 0.5) is 0 Å². The van der Waals surface area contributed by atoms with Gasteiger partial charge in [-0.1, -0.05) is 24.6 Å². The summed E-state index contributed by atoms with van der Waals surface area (Å²) < 4.78 is 11.2. The minimum Gasteiger partial charge on any atom is -0.495 e. The average Bonchev–Trinajstić information content (AvgIpc) is 2.87. The Kier molecular flexibility index (Phi) is 5.30. The molecule has 4 heteroatoms. The Morgan fingerprint density at radius 1 is 1.50 bits per heavy atom. The Morgan fingerprint density at radius 3 is 2.85 bits per heavy atom. The molecule has 20 heavy (non-hydrogen) atoms. The van der Waals surface area contributed by atoms with Gasteiger partial charge in [0.25, 0.3) is 0 Å². The van der Waals surface area contributed by atoms with Gasteiger partial charge in [0.2, 0.25) is 0 Å². The maximum Gasteiger partial charge on any atom is 0.137 e. The van der Waals surface area contributed by atoms with Crippen molar-refractivity contribution in [3.05, 3.63) is 28.8 Å². The van der Waals surface area contributed by atoms with Crippen LogP contribution in [0, 0.1) is 0 Å². The maximum absolute atomic E-state index is 6.27. The molecule has 0 radical (unpaired) electrons. The summed E-state index contributed by atoms with van der Waals surface area (Å²) in [5, 5.41) is 4.26. The van der Waals surface area contributed by atoms with Crippen LogP contribution in [0.5, 0.6) is 5.75 Å². The molecular weight excluding hydrogens is 274 g/mol. The Labute approximate surface area is 126 Å². The zero-order chi connectivity index (χ0) is 14.6. The van der Waals surface area contributed by atoms with Gasteiger partial charge in [0.05, 0.1) is 23.8 Å². The molecular formula is C16H24ClNO2. The molecule has 0 saturated carbocycles. The standard InChI is InChI=1S/C16H24ClNO2/c1-4-9-18-15(16(2)8-5-10-20-16)12-6-7-14(19-3)13(17)11-12/h6-7,11,15,18H,4-5,8-10H2,1-3H3. The fraction of sp³-hybridized carbons (Fsp3) is 0.625. The third kappa shape index (κ3) is 3.27. The van der Waals surface area contributed by atoms with E-state index in [1.165, 1.54) is 0 Å². The topological polar surface area (TPSA) is 30.5 Å². The van der Waals surface area contributed by atoms with Crippen molar-refractivity contribution in [2.45, 2.75) is 44.8 Å². The molecule has 1 aromatic rings. The van der Waals surface area contributed by atoms with Gasteiger partial charge >= 0.3 is 0 Å². The van der Waals surface area contributed by atoms with Crippen molar-refractivity contribution in [2.24, 2.45) is 0 Å². The Balaban J connectivity index is 2.28. The SMILES string of the molecule is CCCNC(c1ccc(OC)c(Cl)c1)C1(C)CCCO1. The number of halogens is 1. The highest BCUT2D eigenvalue weighted by molar-refractivity contribution is 6.32. The van der Waals surface area contributed by atoms with E-state index in [2.05, 4.69) is 25.2 Å². The van der Waals surface area contributed by atoms with Crippen molar-refractivity contribution in [3.63, 3.8) is 0 Å². The van der Waals surface area contributed by atoms with Gasteiger partial charge in [0.1, 0.15) is 5.75 Å². The highest BCUT2D eigenvalue weighted by Crippen LogP contribution is 2.39. The second-order valence-corrected chi connectivity index (χ2v) is 5.95. The molecule has 0 bridgehead atoms. The van der Waals surface area contributed by atoms with Crippen LogP contribution in [0.3, 0.4) is 0 Å². The average molecular weight is 298 g/mol. The summed E-state index contributed by atoms with van der Waals surface area (Å²) in [5.74, 6) is 0.710. The summed E-state index contributed by atoms with van der Waals surface area (Å²) in [7, 11) is 1.63. The van der Waals surface area contributed by atoms with Crippen molar-refractivity contribution in [1.29, 1.82) is 0 Å². The molecule has 3 nitrogen and oxygen atoms in total. The van der Waals surface area contributed by atoms with E-state index in [0.29, 0.717) is 10.8 Å². The van der Waals surface area contributed by atoms with Crippen LogP contribution in [0.1, 0.15) is 44.7 Å². The van der Waals surface area contributed by atoms with Crippen molar-refractivity contribution in [2.75, 3.05) is 20.3 Å². The first-order valence-electron chi connectivity index (χ1n) is 7.31.